The third-order valence-electron chi connectivity index (χ3n) is 4.29. The van der Waals surface area contributed by atoms with Crippen LogP contribution < -0.4 is 0 Å². The van der Waals surface area contributed by atoms with Crippen LogP contribution in [-0.2, 0) is 32.7 Å². The minimum absolute atomic E-state index is 0. The summed E-state index contributed by atoms with van der Waals surface area (Å²) >= 11 is 0. The second-order valence-electron chi connectivity index (χ2n) is 6.27. The number of benzene rings is 4. The second kappa shape index (κ2) is 12.2. The quantitative estimate of drug-likeness (QED) is 0.229. The number of nitrogens with zero attached hydrogens (tertiary/aromatic N) is 4. The monoisotopic (exact) mass is 484 g/mol. The molecule has 5 nitrogen and oxygen atoms in total. The molecule has 0 aliphatic carbocycles. The standard InChI is InChI=1S/C23H17N4O.C2H6.Y/c1-16-15-22(23(28)21-10-6-5-9-20(16)21)27-26-19-13-11-18(12-14-19)25-24-17-7-3-2-4-8-17;1-2;/h2-13,15,28H,1H3;1-2H3;/q-1;;. The maximum absolute atomic E-state index is 10.5. The molecule has 0 aromatic heterocycles. The molecule has 0 aliphatic heterocycles. The molecule has 153 valence electrons. The number of phenols is 1. The van der Waals surface area contributed by atoms with Gasteiger partial charge < -0.3 is 5.11 Å². The van der Waals surface area contributed by atoms with Crippen molar-refractivity contribution in [2.45, 2.75) is 20.8 Å². The molecule has 0 saturated carbocycles. The molecule has 0 bridgehead atoms. The van der Waals surface area contributed by atoms with Gasteiger partial charge in [0.05, 0.1) is 5.69 Å². The van der Waals surface area contributed by atoms with E-state index in [0.29, 0.717) is 17.1 Å². The normalized spacial score (nSPS) is 10.7. The van der Waals surface area contributed by atoms with Crippen molar-refractivity contribution in [3.05, 3.63) is 90.5 Å². The van der Waals surface area contributed by atoms with Crippen molar-refractivity contribution >= 4 is 33.5 Å². The molecule has 0 saturated heterocycles. The molecule has 4 rings (SSSR count). The van der Waals surface area contributed by atoms with Crippen molar-refractivity contribution in [3.8, 4) is 5.75 Å². The summed E-state index contributed by atoms with van der Waals surface area (Å²) in [6.07, 6.45) is 0. The van der Waals surface area contributed by atoms with E-state index >= 15 is 0 Å². The predicted octanol–water partition coefficient (Wildman–Crippen LogP) is 8.51. The summed E-state index contributed by atoms with van der Waals surface area (Å²) in [5, 5.41) is 29.0. The van der Waals surface area contributed by atoms with Crippen LogP contribution in [0.3, 0.4) is 0 Å². The van der Waals surface area contributed by atoms with Crippen LogP contribution in [0.25, 0.3) is 10.8 Å². The molecule has 4 aromatic carbocycles. The van der Waals surface area contributed by atoms with Crippen molar-refractivity contribution in [1.82, 2.24) is 0 Å². The largest absolute Gasteiger partial charge is 0.505 e. The van der Waals surface area contributed by atoms with Crippen LogP contribution in [0.15, 0.2) is 99.3 Å². The Morgan fingerprint density at radius 1 is 0.710 bits per heavy atom. The third-order valence-corrected chi connectivity index (χ3v) is 4.29. The average Bonchev–Trinajstić information content (AvgIpc) is 2.82. The number of aromatic hydroxyl groups is 1. The molecule has 0 amide bonds. The Balaban J connectivity index is 0.00000111. The van der Waals surface area contributed by atoms with Gasteiger partial charge in [0.2, 0.25) is 0 Å². The van der Waals surface area contributed by atoms with E-state index in [1.807, 2.05) is 81.4 Å². The zero-order valence-electron chi connectivity index (χ0n) is 17.8. The number of rotatable bonds is 4. The van der Waals surface area contributed by atoms with Crippen LogP contribution in [0, 0.1) is 13.0 Å². The third kappa shape index (κ3) is 6.36. The zero-order chi connectivity index (χ0) is 21.3. The van der Waals surface area contributed by atoms with E-state index in [2.05, 4.69) is 26.5 Å². The van der Waals surface area contributed by atoms with E-state index in [1.54, 1.807) is 18.2 Å². The first-order valence-corrected chi connectivity index (χ1v) is 9.82. The van der Waals surface area contributed by atoms with Gasteiger partial charge in [-0.1, -0.05) is 56.3 Å². The summed E-state index contributed by atoms with van der Waals surface area (Å²) in [6.45, 7) is 5.99. The molecule has 0 heterocycles. The van der Waals surface area contributed by atoms with E-state index in [9.17, 15) is 5.11 Å². The van der Waals surface area contributed by atoms with E-state index in [-0.39, 0.29) is 38.5 Å². The predicted molar refractivity (Wildman–Crippen MR) is 122 cm³/mol. The Morgan fingerprint density at radius 3 is 2.03 bits per heavy atom. The number of hydrogen-bond acceptors (Lipinski definition) is 5. The number of hydrogen-bond donors (Lipinski definition) is 1. The van der Waals surface area contributed by atoms with Crippen LogP contribution in [0.2, 0.25) is 0 Å². The Morgan fingerprint density at radius 2 is 1.35 bits per heavy atom. The first-order valence-electron chi connectivity index (χ1n) is 9.82. The van der Waals surface area contributed by atoms with E-state index in [4.69, 9.17) is 0 Å². The fourth-order valence-corrected chi connectivity index (χ4v) is 2.85. The Bertz CT molecular complexity index is 1170. The van der Waals surface area contributed by atoms with Gasteiger partial charge in [-0.3, -0.25) is 0 Å². The Hall–Kier alpha value is -2.76. The Labute approximate surface area is 207 Å². The van der Waals surface area contributed by atoms with Gasteiger partial charge in [0.25, 0.3) is 0 Å². The zero-order valence-corrected chi connectivity index (χ0v) is 20.7. The summed E-state index contributed by atoms with van der Waals surface area (Å²) in [5.74, 6) is 0.123. The SMILES string of the molecule is CC.Cc1cc(N=Nc2[c-]cc(N=Nc3ccccc3)cc2)c(O)c2ccccc12.[Y]. The van der Waals surface area contributed by atoms with Crippen molar-refractivity contribution < 1.29 is 37.8 Å². The average molecular weight is 484 g/mol. The first kappa shape index (κ1) is 24.5. The fraction of sp³-hybridized carbons (Fsp3) is 0.120. The van der Waals surface area contributed by atoms with Crippen LogP contribution in [0.5, 0.6) is 5.75 Å². The number of fused-ring (bicyclic) bond motifs is 1. The molecule has 0 unspecified atom stereocenters. The molecule has 1 radical (unpaired) electrons. The molecular weight excluding hydrogens is 461 g/mol. The topological polar surface area (TPSA) is 69.7 Å². The van der Waals surface area contributed by atoms with Crippen molar-refractivity contribution in [3.63, 3.8) is 0 Å². The molecule has 6 heteroatoms. The van der Waals surface area contributed by atoms with Crippen LogP contribution in [0.1, 0.15) is 19.4 Å². The van der Waals surface area contributed by atoms with E-state index < -0.39 is 0 Å². The summed E-state index contributed by atoms with van der Waals surface area (Å²) in [4.78, 5) is 0. The molecule has 0 fully saturated rings. The molecular formula is C25H23N4OY-. The van der Waals surface area contributed by atoms with Gasteiger partial charge in [-0.05, 0) is 47.4 Å². The van der Waals surface area contributed by atoms with Gasteiger partial charge in [0, 0.05) is 38.1 Å². The molecule has 1 N–H and O–H groups in total. The Kier molecular flexibility index (Phi) is 9.63. The van der Waals surface area contributed by atoms with Crippen LogP contribution in [-0.4, -0.2) is 5.11 Å². The second-order valence-corrected chi connectivity index (χ2v) is 6.27. The van der Waals surface area contributed by atoms with Crippen LogP contribution >= 0.6 is 0 Å². The maximum Gasteiger partial charge on any atom is 0.150 e. The van der Waals surface area contributed by atoms with Gasteiger partial charge >= 0.3 is 0 Å². The summed E-state index contributed by atoms with van der Waals surface area (Å²) in [7, 11) is 0. The van der Waals surface area contributed by atoms with Gasteiger partial charge in [0.1, 0.15) is 5.69 Å². The fourth-order valence-electron chi connectivity index (χ4n) is 2.85. The van der Waals surface area contributed by atoms with Gasteiger partial charge in [-0.15, -0.1) is 23.3 Å². The number of aryl methyl sites for hydroxylation is 1. The van der Waals surface area contributed by atoms with Gasteiger partial charge in [0.15, 0.2) is 5.75 Å². The molecule has 0 atom stereocenters. The number of azo groups is 2. The van der Waals surface area contributed by atoms with Crippen molar-refractivity contribution in [2.24, 2.45) is 20.5 Å². The maximum atomic E-state index is 10.5. The first-order chi connectivity index (χ1) is 14.7. The summed E-state index contributed by atoms with van der Waals surface area (Å²) < 4.78 is 0. The van der Waals surface area contributed by atoms with E-state index in [1.165, 1.54) is 0 Å². The number of phenolic OH excluding ortho intramolecular Hbond substituents is 1. The van der Waals surface area contributed by atoms with Gasteiger partial charge in [-0.2, -0.15) is 16.3 Å². The van der Waals surface area contributed by atoms with Crippen LogP contribution in [0.4, 0.5) is 22.7 Å². The molecule has 0 spiro atoms. The van der Waals surface area contributed by atoms with Gasteiger partial charge in [-0.25, -0.2) is 5.11 Å². The van der Waals surface area contributed by atoms with Crippen molar-refractivity contribution in [1.29, 1.82) is 0 Å². The molecule has 4 aromatic rings. The van der Waals surface area contributed by atoms with Crippen molar-refractivity contribution in [2.75, 3.05) is 0 Å². The minimum atomic E-state index is 0. The smallest absolute Gasteiger partial charge is 0.150 e. The minimum Gasteiger partial charge on any atom is -0.505 e. The summed E-state index contributed by atoms with van der Waals surface area (Å²) in [6, 6.07) is 27.3. The molecule has 31 heavy (non-hydrogen) atoms. The summed E-state index contributed by atoms with van der Waals surface area (Å²) in [5.41, 5.74) is 3.46. The van der Waals surface area contributed by atoms with E-state index in [0.717, 1.165) is 22.0 Å². The molecule has 0 aliphatic rings.